The molecule has 0 radical (unpaired) electrons. The minimum Gasteiger partial charge on any atom is -0.481 e. The maximum Gasteiger partial charge on any atom is 0.306 e. The molecule has 0 aromatic heterocycles. The molecule has 0 aromatic carbocycles. The summed E-state index contributed by atoms with van der Waals surface area (Å²) < 4.78 is 0. The van der Waals surface area contributed by atoms with Crippen molar-refractivity contribution in [2.24, 2.45) is 11.7 Å². The molecule has 1 aliphatic rings. The first kappa shape index (κ1) is 11.4. The molecule has 0 spiro atoms. The monoisotopic (exact) mass is 205 g/mol. The van der Waals surface area contributed by atoms with Gasteiger partial charge in [-0.1, -0.05) is 0 Å². The molecule has 1 saturated carbocycles. The molecule has 4 atom stereocenters. The van der Waals surface area contributed by atoms with Crippen LogP contribution in [0.2, 0.25) is 0 Å². The Hall–Kier alpha value is -0.690. The van der Waals surface area contributed by atoms with E-state index >= 15 is 0 Å². The van der Waals surface area contributed by atoms with Gasteiger partial charge in [-0.15, -0.1) is 0 Å². The molecule has 0 amide bonds. The number of aliphatic hydroxyl groups is 3. The van der Waals surface area contributed by atoms with Gasteiger partial charge in [0.05, 0.1) is 12.0 Å². The molecule has 0 saturated heterocycles. The van der Waals surface area contributed by atoms with Crippen molar-refractivity contribution in [1.82, 2.24) is 0 Å². The second kappa shape index (κ2) is 3.82. The van der Waals surface area contributed by atoms with Gasteiger partial charge in [-0.3, -0.25) is 4.79 Å². The van der Waals surface area contributed by atoms with Gasteiger partial charge in [0.2, 0.25) is 0 Å². The number of aliphatic hydroxyl groups excluding tert-OH is 2. The summed E-state index contributed by atoms with van der Waals surface area (Å²) in [5, 5.41) is 37.2. The quantitative estimate of drug-likeness (QED) is 0.351. The summed E-state index contributed by atoms with van der Waals surface area (Å²) in [5.41, 5.74) is 3.54. The van der Waals surface area contributed by atoms with Gasteiger partial charge < -0.3 is 26.2 Å². The minimum absolute atomic E-state index is 0.0567. The van der Waals surface area contributed by atoms with E-state index in [4.69, 9.17) is 10.8 Å². The Morgan fingerprint density at radius 2 is 2.07 bits per heavy atom. The highest BCUT2D eigenvalue weighted by molar-refractivity contribution is 5.70. The zero-order chi connectivity index (χ0) is 10.9. The molecule has 0 aromatic rings. The van der Waals surface area contributed by atoms with Crippen LogP contribution in [0.5, 0.6) is 0 Å². The maximum absolute atomic E-state index is 10.7. The van der Waals surface area contributed by atoms with Crippen molar-refractivity contribution in [2.45, 2.75) is 30.7 Å². The molecule has 14 heavy (non-hydrogen) atoms. The van der Waals surface area contributed by atoms with Crippen LogP contribution < -0.4 is 5.73 Å². The standard InChI is InChI=1S/C8H15NO5/c9-3-8(14)2-4(7(12)13)1-5(10)6(8)11/h4-6,10-11,14H,1-3,9H2,(H,12,13)/t4-,5+,6-,8-/m0/s1. The van der Waals surface area contributed by atoms with E-state index in [1.165, 1.54) is 0 Å². The predicted octanol–water partition coefficient (Wildman–Crippen LogP) is -2.11. The second-order valence-corrected chi connectivity index (χ2v) is 3.79. The van der Waals surface area contributed by atoms with Crippen LogP contribution in [0, 0.1) is 5.92 Å². The molecule has 1 aliphatic carbocycles. The van der Waals surface area contributed by atoms with Crippen LogP contribution in [0.4, 0.5) is 0 Å². The highest BCUT2D eigenvalue weighted by Gasteiger charge is 2.47. The summed E-state index contributed by atoms with van der Waals surface area (Å²) in [7, 11) is 0. The third-order valence-corrected chi connectivity index (χ3v) is 2.74. The Bertz CT molecular complexity index is 234. The van der Waals surface area contributed by atoms with E-state index in [0.717, 1.165) is 0 Å². The van der Waals surface area contributed by atoms with Crippen LogP contribution in [0.3, 0.4) is 0 Å². The van der Waals surface area contributed by atoms with Gasteiger partial charge in [-0.25, -0.2) is 0 Å². The predicted molar refractivity (Wildman–Crippen MR) is 46.4 cm³/mol. The first-order valence-electron chi connectivity index (χ1n) is 4.42. The van der Waals surface area contributed by atoms with Crippen molar-refractivity contribution in [3.8, 4) is 0 Å². The van der Waals surface area contributed by atoms with Gasteiger partial charge in [0.15, 0.2) is 0 Å². The third kappa shape index (κ3) is 1.88. The Morgan fingerprint density at radius 1 is 1.50 bits per heavy atom. The van der Waals surface area contributed by atoms with E-state index in [2.05, 4.69) is 0 Å². The van der Waals surface area contributed by atoms with Crippen LogP contribution in [0.1, 0.15) is 12.8 Å². The highest BCUT2D eigenvalue weighted by atomic mass is 16.4. The molecule has 6 heteroatoms. The Kier molecular flexibility index (Phi) is 3.10. The summed E-state index contributed by atoms with van der Waals surface area (Å²) in [5.74, 6) is -1.95. The number of carboxylic acid groups (broad SMARTS) is 1. The average Bonchev–Trinajstić information content (AvgIpc) is 2.13. The molecule has 0 heterocycles. The average molecular weight is 205 g/mol. The maximum atomic E-state index is 10.7. The molecule has 6 nitrogen and oxygen atoms in total. The largest absolute Gasteiger partial charge is 0.481 e. The third-order valence-electron chi connectivity index (χ3n) is 2.74. The lowest BCUT2D eigenvalue weighted by molar-refractivity contribution is -0.174. The fraction of sp³-hybridized carbons (Fsp3) is 0.875. The Balaban J connectivity index is 2.81. The number of hydrogen-bond acceptors (Lipinski definition) is 5. The van der Waals surface area contributed by atoms with Gasteiger partial charge in [0.25, 0.3) is 0 Å². The molecule has 0 bridgehead atoms. The van der Waals surface area contributed by atoms with Crippen LogP contribution in [0.15, 0.2) is 0 Å². The van der Waals surface area contributed by atoms with Crippen molar-refractivity contribution < 1.29 is 25.2 Å². The lowest BCUT2D eigenvalue weighted by atomic mass is 9.74. The number of hydrogen-bond donors (Lipinski definition) is 5. The fourth-order valence-electron chi connectivity index (χ4n) is 1.80. The molecule has 1 rings (SSSR count). The van der Waals surface area contributed by atoms with Crippen molar-refractivity contribution >= 4 is 5.97 Å². The van der Waals surface area contributed by atoms with Gasteiger partial charge in [-0.2, -0.15) is 0 Å². The number of carbonyl (C=O) groups is 1. The van der Waals surface area contributed by atoms with E-state index in [0.29, 0.717) is 0 Å². The molecule has 0 unspecified atom stereocenters. The molecule has 1 fully saturated rings. The van der Waals surface area contributed by atoms with E-state index in [-0.39, 0.29) is 19.4 Å². The van der Waals surface area contributed by atoms with Crippen LogP contribution in [-0.2, 0) is 4.79 Å². The Labute approximate surface area is 81.0 Å². The summed E-state index contributed by atoms with van der Waals surface area (Å²) >= 11 is 0. The van der Waals surface area contributed by atoms with Crippen LogP contribution in [0.25, 0.3) is 0 Å². The van der Waals surface area contributed by atoms with Gasteiger partial charge >= 0.3 is 5.97 Å². The van der Waals surface area contributed by atoms with Crippen molar-refractivity contribution in [3.05, 3.63) is 0 Å². The summed E-state index contributed by atoms with van der Waals surface area (Å²) in [6.07, 6.45) is -2.79. The zero-order valence-corrected chi connectivity index (χ0v) is 7.63. The van der Waals surface area contributed by atoms with Gasteiger partial charge in [-0.05, 0) is 12.8 Å². The van der Waals surface area contributed by atoms with Crippen molar-refractivity contribution in [3.63, 3.8) is 0 Å². The molecule has 0 aliphatic heterocycles. The number of carboxylic acids is 1. The lowest BCUT2D eigenvalue weighted by Gasteiger charge is -2.41. The van der Waals surface area contributed by atoms with E-state index in [1.807, 2.05) is 0 Å². The molecular weight excluding hydrogens is 190 g/mol. The fourth-order valence-corrected chi connectivity index (χ4v) is 1.80. The molecular formula is C8H15NO5. The van der Waals surface area contributed by atoms with Gasteiger partial charge in [0.1, 0.15) is 11.7 Å². The smallest absolute Gasteiger partial charge is 0.306 e. The summed E-state index contributed by atoms with van der Waals surface area (Å²) in [6, 6.07) is 0. The minimum atomic E-state index is -1.69. The number of nitrogens with two attached hydrogens (primary N) is 1. The summed E-state index contributed by atoms with van der Waals surface area (Å²) in [6.45, 7) is -0.269. The number of aliphatic carboxylic acids is 1. The Morgan fingerprint density at radius 3 is 2.50 bits per heavy atom. The van der Waals surface area contributed by atoms with E-state index in [1.54, 1.807) is 0 Å². The highest BCUT2D eigenvalue weighted by Crippen LogP contribution is 2.32. The topological polar surface area (TPSA) is 124 Å². The first-order valence-corrected chi connectivity index (χ1v) is 4.42. The normalized spacial score (nSPS) is 43.6. The van der Waals surface area contributed by atoms with E-state index < -0.39 is 29.7 Å². The lowest BCUT2D eigenvalue weighted by Crippen LogP contribution is -2.59. The van der Waals surface area contributed by atoms with Crippen LogP contribution >= 0.6 is 0 Å². The molecule has 82 valence electrons. The number of rotatable bonds is 2. The SMILES string of the molecule is NC[C@@]1(O)C[C@@H](C(=O)O)C[C@@H](O)[C@@H]1O. The van der Waals surface area contributed by atoms with Crippen molar-refractivity contribution in [1.29, 1.82) is 0 Å². The van der Waals surface area contributed by atoms with E-state index in [9.17, 15) is 20.1 Å². The zero-order valence-electron chi connectivity index (χ0n) is 7.63. The van der Waals surface area contributed by atoms with Crippen LogP contribution in [-0.4, -0.2) is 50.7 Å². The molecule has 6 N–H and O–H groups in total. The van der Waals surface area contributed by atoms with Gasteiger partial charge in [0, 0.05) is 6.54 Å². The van der Waals surface area contributed by atoms with Crippen molar-refractivity contribution in [2.75, 3.05) is 6.54 Å². The summed E-state index contributed by atoms with van der Waals surface area (Å²) in [4.78, 5) is 10.7. The second-order valence-electron chi connectivity index (χ2n) is 3.79. The first-order chi connectivity index (χ1) is 6.40.